The lowest BCUT2D eigenvalue weighted by molar-refractivity contribution is -0.0775. The lowest BCUT2D eigenvalue weighted by atomic mass is 9.97. The van der Waals surface area contributed by atoms with Crippen molar-refractivity contribution in [3.05, 3.63) is 32.9 Å². The molecule has 1 fully saturated rings. The fraction of sp³-hybridized carbons (Fsp3) is 0.500. The van der Waals surface area contributed by atoms with Gasteiger partial charge in [0.2, 0.25) is 5.82 Å². The molecule has 2 rings (SSSR count). The van der Waals surface area contributed by atoms with Gasteiger partial charge in [0.25, 0.3) is 5.56 Å². The Morgan fingerprint density at radius 2 is 2.29 bits per heavy atom. The second kappa shape index (κ2) is 5.27. The van der Waals surface area contributed by atoms with E-state index >= 15 is 0 Å². The van der Waals surface area contributed by atoms with Crippen LogP contribution in [-0.2, 0) is 4.74 Å². The summed E-state index contributed by atoms with van der Waals surface area (Å²) in [6.45, 7) is 1.33. The molecule has 7 nitrogen and oxygen atoms in total. The monoisotopic (exact) mass is 318 g/mol. The van der Waals surface area contributed by atoms with Crippen molar-refractivity contribution in [2.75, 3.05) is 0 Å². The van der Waals surface area contributed by atoms with Crippen LogP contribution >= 0.6 is 11.6 Å². The molecule has 0 saturated carbocycles. The van der Waals surface area contributed by atoms with Crippen molar-refractivity contribution in [1.29, 1.82) is 0 Å². The first-order valence-electron chi connectivity index (χ1n) is 5.91. The quantitative estimate of drug-likeness (QED) is 0.475. The van der Waals surface area contributed by atoms with Gasteiger partial charge < -0.3 is 14.9 Å². The Labute approximate surface area is 122 Å². The van der Waals surface area contributed by atoms with E-state index in [0.29, 0.717) is 10.8 Å². The van der Waals surface area contributed by atoms with Crippen LogP contribution in [0.25, 0.3) is 0 Å². The van der Waals surface area contributed by atoms with Crippen LogP contribution < -0.4 is 11.2 Å². The Morgan fingerprint density at radius 1 is 1.67 bits per heavy atom. The second-order valence-corrected chi connectivity index (χ2v) is 5.32. The Hall–Kier alpha value is -1.66. The maximum Gasteiger partial charge on any atom is 0.330 e. The highest BCUT2D eigenvalue weighted by Crippen LogP contribution is 2.43. The third-order valence-corrected chi connectivity index (χ3v) is 3.78. The number of nitrogens with one attached hydrogen (secondary N) is 1. The molecule has 0 amide bonds. The molecule has 0 bridgehead atoms. The summed E-state index contributed by atoms with van der Waals surface area (Å²) in [5.74, 6) is 0.844. The van der Waals surface area contributed by atoms with Crippen molar-refractivity contribution in [2.45, 2.75) is 36.3 Å². The standard InChI is InChI=1S/C12H12ClFN2O5/c1-3-12(13)8(18)7(5(2)17)21-10(12)16-4-6(14)9(19)15-11(16)20/h1,4-5,7-8,10,17-18H,2H3,(H,15,19,20)/t5-,7-,8?,10-,12-/m1/s1. The van der Waals surface area contributed by atoms with Gasteiger partial charge in [-0.05, 0) is 6.92 Å². The summed E-state index contributed by atoms with van der Waals surface area (Å²) in [6, 6.07) is 0. The summed E-state index contributed by atoms with van der Waals surface area (Å²) in [4.78, 5) is 22.6. The third kappa shape index (κ3) is 2.38. The van der Waals surface area contributed by atoms with Gasteiger partial charge in [-0.1, -0.05) is 17.5 Å². The minimum atomic E-state index is -1.91. The van der Waals surface area contributed by atoms with E-state index in [0.717, 1.165) is 0 Å². The van der Waals surface area contributed by atoms with E-state index in [1.165, 1.54) is 6.92 Å². The SMILES string of the molecule is C#C[C@@]1(Cl)C(O)[C@@H]([C@@H](C)O)O[C@H]1n1cc(F)c(=O)[nH]c1=O. The lowest BCUT2D eigenvalue weighted by Gasteiger charge is -2.25. The van der Waals surface area contributed by atoms with Gasteiger partial charge in [0.1, 0.15) is 12.2 Å². The number of alkyl halides is 1. The van der Waals surface area contributed by atoms with Crippen molar-refractivity contribution in [1.82, 2.24) is 9.55 Å². The van der Waals surface area contributed by atoms with Crippen molar-refractivity contribution < 1.29 is 19.3 Å². The number of aliphatic hydroxyl groups is 2. The predicted molar refractivity (Wildman–Crippen MR) is 70.3 cm³/mol. The molecule has 0 radical (unpaired) electrons. The Bertz CT molecular complexity index is 709. The number of aromatic nitrogens is 2. The highest BCUT2D eigenvalue weighted by molar-refractivity contribution is 6.27. The predicted octanol–water partition coefficient (Wildman–Crippen LogP) is -1.07. The summed E-state index contributed by atoms with van der Waals surface area (Å²) in [5, 5.41) is 19.6. The molecule has 5 atom stereocenters. The van der Waals surface area contributed by atoms with E-state index in [9.17, 15) is 24.2 Å². The summed E-state index contributed by atoms with van der Waals surface area (Å²) in [6.07, 6.45) is 0.584. The van der Waals surface area contributed by atoms with Gasteiger partial charge in [-0.2, -0.15) is 4.39 Å². The van der Waals surface area contributed by atoms with Crippen LogP contribution in [0.15, 0.2) is 15.8 Å². The molecular weight excluding hydrogens is 307 g/mol. The zero-order valence-corrected chi connectivity index (χ0v) is 11.5. The number of aliphatic hydroxyl groups excluding tert-OH is 2. The number of hydrogen-bond acceptors (Lipinski definition) is 5. The number of ether oxygens (including phenoxy) is 1. The topological polar surface area (TPSA) is 105 Å². The van der Waals surface area contributed by atoms with E-state index in [4.69, 9.17) is 22.8 Å². The highest BCUT2D eigenvalue weighted by atomic mass is 35.5. The van der Waals surface area contributed by atoms with Gasteiger partial charge >= 0.3 is 5.69 Å². The normalized spacial score (nSPS) is 33.6. The van der Waals surface area contributed by atoms with Gasteiger partial charge in [0.15, 0.2) is 11.1 Å². The number of terminal acetylenes is 1. The van der Waals surface area contributed by atoms with E-state index < -0.39 is 46.5 Å². The van der Waals surface area contributed by atoms with E-state index in [1.807, 2.05) is 0 Å². The number of nitrogens with zero attached hydrogens (tertiary/aromatic N) is 1. The van der Waals surface area contributed by atoms with Crippen LogP contribution in [0.5, 0.6) is 0 Å². The highest BCUT2D eigenvalue weighted by Gasteiger charge is 2.57. The third-order valence-electron chi connectivity index (χ3n) is 3.26. The minimum Gasteiger partial charge on any atom is -0.391 e. The fourth-order valence-electron chi connectivity index (χ4n) is 2.14. The van der Waals surface area contributed by atoms with Gasteiger partial charge in [-0.3, -0.25) is 14.3 Å². The van der Waals surface area contributed by atoms with Crippen LogP contribution in [0, 0.1) is 18.2 Å². The number of halogens is 2. The van der Waals surface area contributed by atoms with Crippen molar-refractivity contribution in [2.24, 2.45) is 0 Å². The van der Waals surface area contributed by atoms with E-state index in [2.05, 4.69) is 5.92 Å². The summed E-state index contributed by atoms with van der Waals surface area (Å²) in [5.41, 5.74) is -2.21. The summed E-state index contributed by atoms with van der Waals surface area (Å²) in [7, 11) is 0. The smallest absolute Gasteiger partial charge is 0.330 e. The van der Waals surface area contributed by atoms with Crippen LogP contribution in [0.1, 0.15) is 13.2 Å². The molecule has 1 unspecified atom stereocenters. The van der Waals surface area contributed by atoms with Gasteiger partial charge in [0.05, 0.1) is 12.3 Å². The molecule has 1 saturated heterocycles. The second-order valence-electron chi connectivity index (χ2n) is 4.69. The molecule has 0 aliphatic carbocycles. The Morgan fingerprint density at radius 3 is 2.81 bits per heavy atom. The maximum atomic E-state index is 13.4. The van der Waals surface area contributed by atoms with Crippen LogP contribution in [0.3, 0.4) is 0 Å². The van der Waals surface area contributed by atoms with Crippen molar-refractivity contribution in [3.8, 4) is 12.3 Å². The molecule has 9 heteroatoms. The Balaban J connectivity index is 2.58. The zero-order chi connectivity index (χ0) is 15.9. The molecule has 21 heavy (non-hydrogen) atoms. The molecule has 0 aromatic carbocycles. The number of hydrogen-bond donors (Lipinski definition) is 3. The average molecular weight is 319 g/mol. The summed E-state index contributed by atoms with van der Waals surface area (Å²) >= 11 is 6.11. The summed E-state index contributed by atoms with van der Waals surface area (Å²) < 4.78 is 19.3. The molecule has 1 aromatic heterocycles. The van der Waals surface area contributed by atoms with Crippen LogP contribution in [-0.4, -0.2) is 43.0 Å². The van der Waals surface area contributed by atoms with Gasteiger partial charge in [0, 0.05) is 0 Å². The van der Waals surface area contributed by atoms with Crippen LogP contribution in [0.2, 0.25) is 0 Å². The molecule has 1 aliphatic heterocycles. The number of rotatable bonds is 2. The average Bonchev–Trinajstić information content (AvgIpc) is 2.68. The maximum absolute atomic E-state index is 13.4. The minimum absolute atomic E-state index is 0.581. The molecule has 1 aliphatic rings. The molecule has 1 aromatic rings. The van der Waals surface area contributed by atoms with Crippen molar-refractivity contribution in [3.63, 3.8) is 0 Å². The number of aromatic amines is 1. The number of H-pyrrole nitrogens is 1. The largest absolute Gasteiger partial charge is 0.391 e. The first kappa shape index (κ1) is 15.7. The first-order valence-corrected chi connectivity index (χ1v) is 6.29. The molecule has 0 spiro atoms. The van der Waals surface area contributed by atoms with Crippen LogP contribution in [0.4, 0.5) is 4.39 Å². The molecule has 3 N–H and O–H groups in total. The molecular formula is C12H12ClFN2O5. The zero-order valence-electron chi connectivity index (χ0n) is 10.8. The molecule has 2 heterocycles. The van der Waals surface area contributed by atoms with E-state index in [-0.39, 0.29) is 0 Å². The Kier molecular flexibility index (Phi) is 3.95. The van der Waals surface area contributed by atoms with E-state index in [1.54, 1.807) is 4.98 Å². The first-order chi connectivity index (χ1) is 9.72. The van der Waals surface area contributed by atoms with Gasteiger partial charge in [-0.25, -0.2) is 4.79 Å². The van der Waals surface area contributed by atoms with Gasteiger partial charge in [-0.15, -0.1) is 6.42 Å². The lowest BCUT2D eigenvalue weighted by Crippen LogP contribution is -2.45. The molecule has 114 valence electrons. The fourth-order valence-corrected chi connectivity index (χ4v) is 2.43. The van der Waals surface area contributed by atoms with Crippen molar-refractivity contribution >= 4 is 11.6 Å².